The van der Waals surface area contributed by atoms with Gasteiger partial charge in [0.25, 0.3) is 34.7 Å². The molecule has 0 atom stereocenters. The molecule has 4 N–H and O–H groups in total. The number of hydrogen-bond donors (Lipinski definition) is 3. The zero-order valence-corrected chi connectivity index (χ0v) is 30.5. The third-order valence-corrected chi connectivity index (χ3v) is 8.68. The molecule has 0 spiro atoms. The summed E-state index contributed by atoms with van der Waals surface area (Å²) in [5.41, 5.74) is 5.10. The molecule has 55 heavy (non-hydrogen) atoms. The fraction of sp³-hybridized carbons (Fsp3) is 0.353. The van der Waals surface area contributed by atoms with Crippen molar-refractivity contribution in [2.75, 3.05) is 26.2 Å². The zero-order valence-electron chi connectivity index (χ0n) is 30.5. The molecule has 6 rings (SSSR count). The standard InChI is InChI=1S/C17H19N5O5.C11H13N3O4.C6H8N2O2/c1-19-8-5-11-15(19)16(26)22(17(27)20(11)2)9-6-12(23)18-7-10-21-13(24)3-4-14(21)25;1-12-5-3-7-9(12)10(17)14(6-4-8(15)16)11(18)13(7)2;7-3-4-8-5(9)1-2-6(8)10/h3-5,8H,6-7,9-10H2,1-2H3,(H,18,23);3,5H,4,6H2,1-2H3,(H,15,16);1-2H,3-4,7H2. The first-order valence-corrected chi connectivity index (χ1v) is 16.7. The van der Waals surface area contributed by atoms with E-state index in [0.29, 0.717) is 35.2 Å². The van der Waals surface area contributed by atoms with Crippen LogP contribution in [0.2, 0.25) is 0 Å². The molecular formula is C34H40N10O11. The SMILES string of the molecule is Cn1ccc2c1c(=O)n(CCC(=O)NCCN1C(=O)C=CC1=O)c(=O)n2C.Cn1ccc2c1c(=O)n(CCC(=O)O)c(=O)n2C.NCCN1C(=O)C=CC1=O. The number of rotatable bonds is 11. The number of nitrogens with one attached hydrogen (secondary N) is 1. The lowest BCUT2D eigenvalue weighted by Gasteiger charge is -2.14. The van der Waals surface area contributed by atoms with E-state index in [1.165, 1.54) is 33.4 Å². The Kier molecular flexibility index (Phi) is 12.8. The second-order valence-corrected chi connectivity index (χ2v) is 12.3. The largest absolute Gasteiger partial charge is 0.481 e. The van der Waals surface area contributed by atoms with Crippen LogP contribution in [0.1, 0.15) is 12.8 Å². The summed E-state index contributed by atoms with van der Waals surface area (Å²) >= 11 is 0. The second kappa shape index (κ2) is 17.3. The van der Waals surface area contributed by atoms with Gasteiger partial charge < -0.3 is 25.3 Å². The normalized spacial score (nSPS) is 13.5. The van der Waals surface area contributed by atoms with Crippen LogP contribution in [-0.2, 0) is 70.0 Å². The molecule has 6 heterocycles. The van der Waals surface area contributed by atoms with E-state index in [4.69, 9.17) is 10.8 Å². The highest BCUT2D eigenvalue weighted by molar-refractivity contribution is 6.13. The minimum Gasteiger partial charge on any atom is -0.481 e. The molecule has 0 aliphatic carbocycles. The van der Waals surface area contributed by atoms with Crippen molar-refractivity contribution in [1.82, 2.24) is 42.5 Å². The van der Waals surface area contributed by atoms with Gasteiger partial charge in [0.15, 0.2) is 0 Å². The van der Waals surface area contributed by atoms with Crippen molar-refractivity contribution >= 4 is 57.6 Å². The maximum Gasteiger partial charge on any atom is 0.331 e. The quantitative estimate of drug-likeness (QED) is 0.128. The molecule has 2 aliphatic heterocycles. The van der Waals surface area contributed by atoms with Gasteiger partial charge >= 0.3 is 17.3 Å². The van der Waals surface area contributed by atoms with Crippen LogP contribution in [-0.4, -0.2) is 104 Å². The third kappa shape index (κ3) is 8.84. The van der Waals surface area contributed by atoms with E-state index >= 15 is 0 Å². The molecule has 0 fully saturated rings. The summed E-state index contributed by atoms with van der Waals surface area (Å²) in [6.07, 6.45) is 7.88. The summed E-state index contributed by atoms with van der Waals surface area (Å²) in [6.45, 7) is 0.600. The van der Waals surface area contributed by atoms with Gasteiger partial charge in [-0.3, -0.25) is 66.4 Å². The molecule has 21 nitrogen and oxygen atoms in total. The van der Waals surface area contributed by atoms with Crippen molar-refractivity contribution < 1.29 is 33.9 Å². The number of carbonyl (C=O) groups excluding carboxylic acids is 5. The van der Waals surface area contributed by atoms with E-state index in [-0.39, 0.29) is 56.7 Å². The van der Waals surface area contributed by atoms with Crippen molar-refractivity contribution in [3.63, 3.8) is 0 Å². The molecule has 0 unspecified atom stereocenters. The van der Waals surface area contributed by atoms with Gasteiger partial charge in [-0.05, 0) is 12.1 Å². The van der Waals surface area contributed by atoms with Crippen molar-refractivity contribution in [2.45, 2.75) is 25.9 Å². The van der Waals surface area contributed by atoms with E-state index in [0.717, 1.165) is 18.9 Å². The van der Waals surface area contributed by atoms with Gasteiger partial charge in [0.05, 0.1) is 17.5 Å². The highest BCUT2D eigenvalue weighted by atomic mass is 16.4. The first kappa shape index (κ1) is 40.9. The lowest BCUT2D eigenvalue weighted by Crippen LogP contribution is -2.41. The van der Waals surface area contributed by atoms with Gasteiger partial charge in [-0.15, -0.1) is 0 Å². The van der Waals surface area contributed by atoms with Crippen LogP contribution < -0.4 is 33.5 Å². The summed E-state index contributed by atoms with van der Waals surface area (Å²) in [5, 5.41) is 11.2. The lowest BCUT2D eigenvalue weighted by molar-refractivity contribution is -0.138. The van der Waals surface area contributed by atoms with Crippen LogP contribution in [0, 0.1) is 0 Å². The Balaban J connectivity index is 0.000000205. The van der Waals surface area contributed by atoms with Crippen molar-refractivity contribution in [3.05, 3.63) is 90.5 Å². The molecule has 2 aliphatic rings. The van der Waals surface area contributed by atoms with Crippen LogP contribution in [0.5, 0.6) is 0 Å². The van der Waals surface area contributed by atoms with Gasteiger partial charge in [0.1, 0.15) is 11.0 Å². The summed E-state index contributed by atoms with van der Waals surface area (Å²) in [4.78, 5) is 118. The topological polar surface area (TPSA) is 265 Å². The van der Waals surface area contributed by atoms with Crippen LogP contribution in [0.4, 0.5) is 0 Å². The fourth-order valence-corrected chi connectivity index (χ4v) is 5.74. The Morgan fingerprint density at radius 3 is 1.42 bits per heavy atom. The Labute approximate surface area is 310 Å². The van der Waals surface area contributed by atoms with Gasteiger partial charge in [0.2, 0.25) is 5.91 Å². The number of imide groups is 2. The van der Waals surface area contributed by atoms with Gasteiger partial charge in [-0.1, -0.05) is 0 Å². The minimum atomic E-state index is -1.05. The van der Waals surface area contributed by atoms with Crippen LogP contribution in [0.3, 0.4) is 0 Å². The monoisotopic (exact) mass is 764 g/mol. The average Bonchev–Trinajstić information content (AvgIpc) is 3.90. The Bertz CT molecular complexity index is 2470. The molecule has 0 saturated heterocycles. The molecule has 0 radical (unpaired) electrons. The summed E-state index contributed by atoms with van der Waals surface area (Å²) < 4.78 is 7.95. The molecule has 21 heteroatoms. The fourth-order valence-electron chi connectivity index (χ4n) is 5.74. The molecule has 0 aromatic carbocycles. The number of aliphatic carboxylic acids is 1. The van der Waals surface area contributed by atoms with E-state index in [1.807, 2.05) is 0 Å². The van der Waals surface area contributed by atoms with E-state index in [9.17, 15) is 47.9 Å². The Hall–Kier alpha value is -6.90. The highest BCUT2D eigenvalue weighted by Gasteiger charge is 2.23. The van der Waals surface area contributed by atoms with E-state index in [2.05, 4.69) is 5.32 Å². The predicted octanol–water partition coefficient (Wildman–Crippen LogP) is -3.15. The summed E-state index contributed by atoms with van der Waals surface area (Å²) in [5.74, 6) is -2.80. The number of aryl methyl sites for hydroxylation is 4. The number of hydrogen-bond acceptors (Lipinski definition) is 11. The first-order chi connectivity index (χ1) is 26.0. The van der Waals surface area contributed by atoms with Crippen LogP contribution in [0.25, 0.3) is 22.1 Å². The van der Waals surface area contributed by atoms with Crippen LogP contribution >= 0.6 is 0 Å². The summed E-state index contributed by atoms with van der Waals surface area (Å²) in [7, 11) is 6.54. The van der Waals surface area contributed by atoms with E-state index in [1.54, 1.807) is 61.9 Å². The number of carboxylic acids is 1. The molecule has 4 aromatic heterocycles. The highest BCUT2D eigenvalue weighted by Crippen LogP contribution is 2.08. The number of nitrogens with two attached hydrogens (primary N) is 1. The predicted molar refractivity (Wildman–Crippen MR) is 195 cm³/mol. The average molecular weight is 765 g/mol. The van der Waals surface area contributed by atoms with Crippen molar-refractivity contribution in [1.29, 1.82) is 0 Å². The van der Waals surface area contributed by atoms with Gasteiger partial charge in [-0.25, -0.2) is 9.59 Å². The minimum absolute atomic E-state index is 0.0629. The maximum absolute atomic E-state index is 12.6. The number of fused-ring (bicyclic) bond motifs is 2. The Morgan fingerprint density at radius 2 is 1.02 bits per heavy atom. The van der Waals surface area contributed by atoms with Crippen molar-refractivity contribution in [2.24, 2.45) is 33.9 Å². The molecular weight excluding hydrogens is 724 g/mol. The number of carboxylic acid groups (broad SMARTS) is 1. The molecule has 4 aromatic rings. The molecule has 0 saturated carbocycles. The lowest BCUT2D eigenvalue weighted by atomic mass is 10.3. The third-order valence-electron chi connectivity index (χ3n) is 8.68. The molecule has 5 amide bonds. The molecule has 0 bridgehead atoms. The van der Waals surface area contributed by atoms with Crippen molar-refractivity contribution in [3.8, 4) is 0 Å². The summed E-state index contributed by atoms with van der Waals surface area (Å²) in [6, 6.07) is 3.37. The maximum atomic E-state index is 12.6. The number of carbonyl (C=O) groups is 6. The molecule has 292 valence electrons. The zero-order chi connectivity index (χ0) is 40.7. The smallest absolute Gasteiger partial charge is 0.331 e. The van der Waals surface area contributed by atoms with Gasteiger partial charge in [0, 0.05) is 111 Å². The van der Waals surface area contributed by atoms with E-state index < -0.39 is 40.3 Å². The second-order valence-electron chi connectivity index (χ2n) is 12.3. The first-order valence-electron chi connectivity index (χ1n) is 16.7. The number of nitrogens with zero attached hydrogens (tertiary/aromatic N) is 8. The number of aromatic nitrogens is 6. The Morgan fingerprint density at radius 1 is 0.618 bits per heavy atom. The number of amides is 5. The van der Waals surface area contributed by atoms with Gasteiger partial charge in [-0.2, -0.15) is 0 Å². The van der Waals surface area contributed by atoms with Crippen LogP contribution in [0.15, 0.2) is 68.0 Å².